The van der Waals surface area contributed by atoms with Crippen LogP contribution in [-0.2, 0) is 11.8 Å². The number of aromatic nitrogens is 3. The Kier molecular flexibility index (Phi) is 9.19. The summed E-state index contributed by atoms with van der Waals surface area (Å²) in [6, 6.07) is 11.5. The molecule has 9 heteroatoms. The molecule has 0 amide bonds. The maximum atomic E-state index is 12.7. The number of para-hydroxylation sites is 1. The molecule has 0 fully saturated rings. The van der Waals surface area contributed by atoms with E-state index < -0.39 is 0 Å². The molecule has 2 heterocycles. The lowest BCUT2D eigenvalue weighted by atomic mass is 10.1. The minimum atomic E-state index is -0.340. The highest BCUT2D eigenvalue weighted by Gasteiger charge is 2.19. The van der Waals surface area contributed by atoms with Crippen LogP contribution in [0.25, 0.3) is 22.2 Å². The van der Waals surface area contributed by atoms with Gasteiger partial charge in [0.1, 0.15) is 0 Å². The lowest BCUT2D eigenvalue weighted by molar-refractivity contribution is 0.0380. The van der Waals surface area contributed by atoms with Crippen molar-refractivity contribution in [1.82, 2.24) is 19.4 Å². The van der Waals surface area contributed by atoms with Gasteiger partial charge < -0.3 is 30.2 Å². The van der Waals surface area contributed by atoms with Gasteiger partial charge in [-0.05, 0) is 64.7 Å². The Labute approximate surface area is 231 Å². The second-order valence-electron chi connectivity index (χ2n) is 10.2. The highest BCUT2D eigenvalue weighted by atomic mass is 16.5. The zero-order valence-electron chi connectivity index (χ0n) is 23.2. The fourth-order valence-corrected chi connectivity index (χ4v) is 4.45. The highest BCUT2D eigenvalue weighted by Crippen LogP contribution is 2.33. The summed E-state index contributed by atoms with van der Waals surface area (Å²) in [7, 11) is 8.08. The number of rotatable bonds is 9. The molecule has 9 nitrogen and oxygen atoms in total. The number of benzene rings is 2. The Morgan fingerprint density at radius 1 is 1.15 bits per heavy atom. The van der Waals surface area contributed by atoms with Crippen LogP contribution >= 0.6 is 0 Å². The number of esters is 1. The molecule has 0 aliphatic carbocycles. The lowest BCUT2D eigenvalue weighted by Crippen LogP contribution is -2.29. The van der Waals surface area contributed by atoms with E-state index in [0.29, 0.717) is 17.2 Å². The first-order valence-electron chi connectivity index (χ1n) is 12.7. The second-order valence-corrected chi connectivity index (χ2v) is 10.2. The third-order valence-corrected chi connectivity index (χ3v) is 6.41. The summed E-state index contributed by atoms with van der Waals surface area (Å²) < 4.78 is 7.40. The van der Waals surface area contributed by atoms with E-state index in [2.05, 4.69) is 40.3 Å². The van der Waals surface area contributed by atoms with Gasteiger partial charge in [-0.1, -0.05) is 19.6 Å². The van der Waals surface area contributed by atoms with Crippen molar-refractivity contribution < 1.29 is 9.53 Å². The number of nitrogen functional groups attached to an aromatic ring is 1. The molecule has 0 unspecified atom stereocenters. The SMILES string of the molecule is C.Cc1cc(N(C)CCN(C)C)c(N)cc1Nc1nccc(-c2cn(C)c3c(C(=O)OC(C)C)cccc23)n1. The van der Waals surface area contributed by atoms with Crippen LogP contribution in [0, 0.1) is 6.92 Å². The number of ether oxygens (including phenoxy) is 1. The van der Waals surface area contributed by atoms with Gasteiger partial charge >= 0.3 is 5.97 Å². The van der Waals surface area contributed by atoms with Gasteiger partial charge in [-0.25, -0.2) is 14.8 Å². The van der Waals surface area contributed by atoms with Gasteiger partial charge in [0.05, 0.1) is 34.3 Å². The van der Waals surface area contributed by atoms with Crippen molar-refractivity contribution in [3.63, 3.8) is 0 Å². The molecule has 0 saturated carbocycles. The zero-order valence-corrected chi connectivity index (χ0v) is 23.2. The van der Waals surface area contributed by atoms with Crippen molar-refractivity contribution in [2.75, 3.05) is 50.2 Å². The molecule has 2 aromatic carbocycles. The third kappa shape index (κ3) is 6.49. The van der Waals surface area contributed by atoms with Gasteiger partial charge in [0, 0.05) is 56.2 Å². The number of carbonyl (C=O) groups is 1. The van der Waals surface area contributed by atoms with E-state index in [1.54, 1.807) is 12.3 Å². The first-order chi connectivity index (χ1) is 18.0. The number of aryl methyl sites for hydroxylation is 2. The van der Waals surface area contributed by atoms with E-state index in [0.717, 1.165) is 52.2 Å². The van der Waals surface area contributed by atoms with Crippen LogP contribution in [0.4, 0.5) is 23.0 Å². The van der Waals surface area contributed by atoms with Crippen LogP contribution < -0.4 is 16.0 Å². The molecule has 0 saturated heterocycles. The minimum Gasteiger partial charge on any atom is -0.459 e. The number of hydrogen-bond acceptors (Lipinski definition) is 8. The van der Waals surface area contributed by atoms with E-state index in [-0.39, 0.29) is 19.5 Å². The summed E-state index contributed by atoms with van der Waals surface area (Å²) in [6.45, 7) is 7.53. The van der Waals surface area contributed by atoms with E-state index in [1.165, 1.54) is 0 Å². The average molecular weight is 532 g/mol. The fourth-order valence-electron chi connectivity index (χ4n) is 4.45. The van der Waals surface area contributed by atoms with Crippen LogP contribution in [0.5, 0.6) is 0 Å². The van der Waals surface area contributed by atoms with Crippen molar-refractivity contribution in [3.8, 4) is 11.3 Å². The smallest absolute Gasteiger partial charge is 0.340 e. The number of nitrogens with zero attached hydrogens (tertiary/aromatic N) is 5. The Morgan fingerprint density at radius 3 is 2.59 bits per heavy atom. The summed E-state index contributed by atoms with van der Waals surface area (Å²) in [5.74, 6) is 0.123. The number of nitrogens with two attached hydrogens (primary N) is 1. The summed E-state index contributed by atoms with van der Waals surface area (Å²) in [5, 5.41) is 4.25. The summed E-state index contributed by atoms with van der Waals surface area (Å²) in [4.78, 5) is 26.3. The maximum Gasteiger partial charge on any atom is 0.340 e. The van der Waals surface area contributed by atoms with Gasteiger partial charge in [-0.15, -0.1) is 0 Å². The molecule has 0 bridgehead atoms. The number of fused-ring (bicyclic) bond motifs is 1. The molecular weight excluding hydrogens is 490 g/mol. The van der Waals surface area contributed by atoms with Gasteiger partial charge in [0.15, 0.2) is 0 Å². The Balaban J connectivity index is 0.00000420. The molecule has 208 valence electrons. The van der Waals surface area contributed by atoms with Crippen molar-refractivity contribution >= 4 is 39.9 Å². The largest absolute Gasteiger partial charge is 0.459 e. The van der Waals surface area contributed by atoms with Crippen molar-refractivity contribution in [2.24, 2.45) is 7.05 Å². The number of carbonyl (C=O) groups excluding carboxylic acids is 1. The van der Waals surface area contributed by atoms with E-state index in [9.17, 15) is 4.79 Å². The number of likely N-dealkylation sites (N-methyl/N-ethyl adjacent to an activating group) is 2. The molecule has 0 atom stereocenters. The highest BCUT2D eigenvalue weighted by molar-refractivity contribution is 6.07. The maximum absolute atomic E-state index is 12.7. The number of anilines is 4. The number of nitrogens with one attached hydrogen (secondary N) is 1. The monoisotopic (exact) mass is 531 g/mol. The topological polar surface area (TPSA) is 102 Å². The first-order valence-corrected chi connectivity index (χ1v) is 12.7. The van der Waals surface area contributed by atoms with Crippen LogP contribution in [0.2, 0.25) is 0 Å². The van der Waals surface area contributed by atoms with Gasteiger partial charge in [0.2, 0.25) is 5.95 Å². The molecule has 0 aliphatic rings. The van der Waals surface area contributed by atoms with Crippen molar-refractivity contribution in [1.29, 1.82) is 0 Å². The van der Waals surface area contributed by atoms with Crippen LogP contribution in [-0.4, -0.2) is 65.7 Å². The fraction of sp³-hybridized carbons (Fsp3) is 0.367. The average Bonchev–Trinajstić information content (AvgIpc) is 3.21. The Morgan fingerprint density at radius 2 is 1.90 bits per heavy atom. The normalized spacial score (nSPS) is 11.1. The Hall–Kier alpha value is -4.11. The Bertz CT molecular complexity index is 1460. The molecule has 0 aliphatic heterocycles. The third-order valence-electron chi connectivity index (χ3n) is 6.41. The number of hydrogen-bond donors (Lipinski definition) is 2. The standard InChI is InChI=1S/C29H37N7O2.CH4/c1-18(2)38-28(37)21-10-8-9-20-22(17-36(7)27(20)21)24-11-12-31-29(32-24)33-25-16-23(30)26(15-19(25)3)35(6)14-13-34(4)5;/h8-12,15-18H,13-14,30H2,1-7H3,(H,31,32,33);1H4. The van der Waals surface area contributed by atoms with E-state index in [1.807, 2.05) is 69.9 Å². The first kappa shape index (κ1) is 29.4. The van der Waals surface area contributed by atoms with Crippen molar-refractivity contribution in [3.05, 3.63) is 59.9 Å². The summed E-state index contributed by atoms with van der Waals surface area (Å²) in [6.07, 6.45) is 3.51. The molecule has 39 heavy (non-hydrogen) atoms. The molecule has 0 spiro atoms. The predicted molar refractivity (Wildman–Crippen MR) is 162 cm³/mol. The lowest BCUT2D eigenvalue weighted by Gasteiger charge is -2.24. The molecule has 4 aromatic rings. The molecule has 4 rings (SSSR count). The molecule has 2 aromatic heterocycles. The quantitative estimate of drug-likeness (QED) is 0.217. The van der Waals surface area contributed by atoms with E-state index >= 15 is 0 Å². The molecule has 0 radical (unpaired) electrons. The minimum absolute atomic E-state index is 0. The van der Waals surface area contributed by atoms with Gasteiger partial charge in [-0.3, -0.25) is 0 Å². The van der Waals surface area contributed by atoms with E-state index in [4.69, 9.17) is 15.5 Å². The predicted octanol–water partition coefficient (Wildman–Crippen LogP) is 5.47. The van der Waals surface area contributed by atoms with Gasteiger partial charge in [0.25, 0.3) is 0 Å². The summed E-state index contributed by atoms with van der Waals surface area (Å²) in [5.41, 5.74) is 13.0. The van der Waals surface area contributed by atoms with Crippen molar-refractivity contribution in [2.45, 2.75) is 34.3 Å². The molecular formula is C30H41N7O2. The zero-order chi connectivity index (χ0) is 27.6. The van der Waals surface area contributed by atoms with Crippen LogP contribution in [0.3, 0.4) is 0 Å². The summed E-state index contributed by atoms with van der Waals surface area (Å²) >= 11 is 0. The second kappa shape index (κ2) is 12.2. The van der Waals surface area contributed by atoms with Crippen LogP contribution in [0.15, 0.2) is 48.8 Å². The van der Waals surface area contributed by atoms with Crippen LogP contribution in [0.1, 0.15) is 37.2 Å². The van der Waals surface area contributed by atoms with Gasteiger partial charge in [-0.2, -0.15) is 0 Å². The molecule has 3 N–H and O–H groups in total.